The first kappa shape index (κ1) is 15.6. The van der Waals surface area contributed by atoms with Crippen molar-refractivity contribution in [3.05, 3.63) is 0 Å². The van der Waals surface area contributed by atoms with Crippen LogP contribution in [0.4, 0.5) is 4.79 Å². The molecule has 7 heteroatoms. The predicted octanol–water partition coefficient (Wildman–Crippen LogP) is 0.326. The lowest BCUT2D eigenvalue weighted by Crippen LogP contribution is -2.47. The fraction of sp³-hybridized carbons (Fsp3) is 0.867. The number of hydrogen-bond acceptors (Lipinski definition) is 4. The molecule has 0 bridgehead atoms. The Hall–Kier alpha value is -1.34. The summed E-state index contributed by atoms with van der Waals surface area (Å²) in [6.45, 7) is 2.97. The van der Waals surface area contributed by atoms with Crippen molar-refractivity contribution in [1.82, 2.24) is 9.80 Å². The molecule has 3 amide bonds. The van der Waals surface area contributed by atoms with E-state index in [9.17, 15) is 9.59 Å². The zero-order valence-corrected chi connectivity index (χ0v) is 12.9. The third-order valence-corrected chi connectivity index (χ3v) is 4.91. The maximum Gasteiger partial charge on any atom is 0.315 e. The van der Waals surface area contributed by atoms with E-state index in [1.807, 2.05) is 4.90 Å². The van der Waals surface area contributed by atoms with Crippen LogP contribution in [0.5, 0.6) is 0 Å². The first-order valence-corrected chi connectivity index (χ1v) is 8.22. The number of nitrogens with two attached hydrogens (primary N) is 1. The highest BCUT2D eigenvalue weighted by molar-refractivity contribution is 5.77. The zero-order chi connectivity index (χ0) is 15.5. The van der Waals surface area contributed by atoms with E-state index < -0.39 is 0 Å². The summed E-state index contributed by atoms with van der Waals surface area (Å²) in [6, 6.07) is -0.248. The summed E-state index contributed by atoms with van der Waals surface area (Å²) in [6.07, 6.45) is 4.82. The van der Waals surface area contributed by atoms with Crippen LogP contribution in [0, 0.1) is 0 Å². The number of nitrogens with zero attached hydrogens (tertiary/aromatic N) is 2. The van der Waals surface area contributed by atoms with Crippen LogP contribution in [0.25, 0.3) is 0 Å². The number of hydrogen-bond donors (Lipinski definition) is 1. The molecule has 0 unspecified atom stereocenters. The first-order chi connectivity index (χ1) is 10.6. The summed E-state index contributed by atoms with van der Waals surface area (Å²) >= 11 is 0. The second kappa shape index (κ2) is 6.83. The van der Waals surface area contributed by atoms with E-state index in [1.54, 1.807) is 4.90 Å². The summed E-state index contributed by atoms with van der Waals surface area (Å²) in [5.41, 5.74) is 5.38. The molecule has 22 heavy (non-hydrogen) atoms. The molecule has 2 N–H and O–H groups in total. The van der Waals surface area contributed by atoms with Gasteiger partial charge in [0, 0.05) is 19.6 Å². The van der Waals surface area contributed by atoms with Crippen molar-refractivity contribution in [2.75, 3.05) is 32.8 Å². The molecule has 0 aromatic rings. The van der Waals surface area contributed by atoms with Gasteiger partial charge in [0.05, 0.1) is 24.9 Å². The molecule has 3 atom stereocenters. The van der Waals surface area contributed by atoms with Crippen molar-refractivity contribution in [3.8, 4) is 0 Å². The highest BCUT2D eigenvalue weighted by atomic mass is 16.5. The maximum absolute atomic E-state index is 11.9. The number of carbonyl (C=O) groups is 2. The number of rotatable bonds is 4. The second-order valence-electron chi connectivity index (χ2n) is 6.36. The van der Waals surface area contributed by atoms with Gasteiger partial charge in [-0.1, -0.05) is 0 Å². The average molecular weight is 311 g/mol. The van der Waals surface area contributed by atoms with E-state index in [-0.39, 0.29) is 36.8 Å². The van der Waals surface area contributed by atoms with Gasteiger partial charge in [0.15, 0.2) is 0 Å². The van der Waals surface area contributed by atoms with Crippen LogP contribution in [0.3, 0.4) is 0 Å². The monoisotopic (exact) mass is 311 g/mol. The van der Waals surface area contributed by atoms with Crippen LogP contribution in [0.1, 0.15) is 32.1 Å². The van der Waals surface area contributed by atoms with Crippen molar-refractivity contribution in [3.63, 3.8) is 0 Å². The van der Waals surface area contributed by atoms with Crippen LogP contribution in [0.2, 0.25) is 0 Å². The van der Waals surface area contributed by atoms with Gasteiger partial charge in [0.2, 0.25) is 5.91 Å². The minimum atomic E-state index is -0.359. The molecular weight excluding hydrogens is 286 g/mol. The lowest BCUT2D eigenvalue weighted by atomic mass is 9.99. The Morgan fingerprint density at radius 2 is 1.91 bits per heavy atom. The number of likely N-dealkylation sites (tertiary alicyclic amines) is 2. The van der Waals surface area contributed by atoms with Gasteiger partial charge in [-0.2, -0.15) is 0 Å². The molecule has 3 aliphatic heterocycles. The molecule has 3 rings (SSSR count). The molecule has 0 aromatic carbocycles. The van der Waals surface area contributed by atoms with Gasteiger partial charge >= 0.3 is 6.03 Å². The lowest BCUT2D eigenvalue weighted by Gasteiger charge is -2.35. The third-order valence-electron chi connectivity index (χ3n) is 4.91. The molecule has 3 heterocycles. The van der Waals surface area contributed by atoms with Gasteiger partial charge in [-0.15, -0.1) is 0 Å². The number of fused-ring (bicyclic) bond motifs is 1. The van der Waals surface area contributed by atoms with E-state index in [2.05, 4.69) is 0 Å². The van der Waals surface area contributed by atoms with E-state index in [0.29, 0.717) is 13.2 Å². The topological polar surface area (TPSA) is 85.1 Å². The van der Waals surface area contributed by atoms with Gasteiger partial charge < -0.3 is 25.0 Å². The Balaban J connectivity index is 1.38. The Morgan fingerprint density at radius 1 is 1.14 bits per heavy atom. The first-order valence-electron chi connectivity index (χ1n) is 8.22. The second-order valence-corrected chi connectivity index (χ2v) is 6.36. The molecule has 0 saturated carbocycles. The van der Waals surface area contributed by atoms with Crippen LogP contribution in [0.15, 0.2) is 0 Å². The number of urea groups is 1. The highest BCUT2D eigenvalue weighted by Crippen LogP contribution is 2.31. The van der Waals surface area contributed by atoms with Crippen LogP contribution in [-0.2, 0) is 14.3 Å². The largest absolute Gasteiger partial charge is 0.370 e. The number of carbonyl (C=O) groups excluding carboxylic acids is 2. The summed E-state index contributed by atoms with van der Waals surface area (Å²) in [7, 11) is 0. The van der Waals surface area contributed by atoms with Crippen molar-refractivity contribution < 1.29 is 19.1 Å². The van der Waals surface area contributed by atoms with Crippen molar-refractivity contribution >= 4 is 11.9 Å². The van der Waals surface area contributed by atoms with Crippen LogP contribution >= 0.6 is 0 Å². The minimum absolute atomic E-state index is 0.0143. The molecule has 124 valence electrons. The molecule has 3 saturated heterocycles. The molecule has 3 fully saturated rings. The van der Waals surface area contributed by atoms with E-state index in [0.717, 1.165) is 45.2 Å². The summed E-state index contributed by atoms with van der Waals surface area (Å²) < 4.78 is 11.5. The molecule has 0 spiro atoms. The van der Waals surface area contributed by atoms with Gasteiger partial charge in [0.1, 0.15) is 6.61 Å². The van der Waals surface area contributed by atoms with Gasteiger partial charge in [-0.3, -0.25) is 4.79 Å². The highest BCUT2D eigenvalue weighted by Gasteiger charge is 2.41. The number of primary amides is 1. The smallest absolute Gasteiger partial charge is 0.315 e. The maximum atomic E-state index is 11.9. The zero-order valence-electron chi connectivity index (χ0n) is 12.9. The molecule has 7 nitrogen and oxygen atoms in total. The SMILES string of the molecule is NC(=O)N1CC[C@@H]2O[C@H](COCC(=O)N3CCCC3)CC[C@@H]21. The summed E-state index contributed by atoms with van der Waals surface area (Å²) in [4.78, 5) is 26.8. The van der Waals surface area contributed by atoms with Crippen LogP contribution < -0.4 is 5.73 Å². The Labute approximate surface area is 130 Å². The normalized spacial score (nSPS) is 31.4. The minimum Gasteiger partial charge on any atom is -0.370 e. The van der Waals surface area contributed by atoms with Gasteiger partial charge in [0.25, 0.3) is 0 Å². The quantitative estimate of drug-likeness (QED) is 0.810. The van der Waals surface area contributed by atoms with Crippen LogP contribution in [-0.4, -0.2) is 72.8 Å². The number of ether oxygens (including phenoxy) is 2. The number of amides is 3. The Morgan fingerprint density at radius 3 is 2.64 bits per heavy atom. The third kappa shape index (κ3) is 3.35. The molecule has 0 aliphatic carbocycles. The van der Waals surface area contributed by atoms with Gasteiger partial charge in [-0.25, -0.2) is 4.79 Å². The summed E-state index contributed by atoms with van der Waals surface area (Å²) in [5, 5.41) is 0. The Kier molecular flexibility index (Phi) is 4.83. The molecular formula is C15H25N3O4. The molecule has 0 aromatic heterocycles. The van der Waals surface area contributed by atoms with E-state index >= 15 is 0 Å². The average Bonchev–Trinajstić information content (AvgIpc) is 3.16. The van der Waals surface area contributed by atoms with Crippen molar-refractivity contribution in [2.24, 2.45) is 5.73 Å². The predicted molar refractivity (Wildman–Crippen MR) is 79.2 cm³/mol. The molecule has 3 aliphatic rings. The van der Waals surface area contributed by atoms with Crippen molar-refractivity contribution in [2.45, 2.75) is 50.4 Å². The molecule has 0 radical (unpaired) electrons. The fourth-order valence-corrected chi connectivity index (χ4v) is 3.73. The van der Waals surface area contributed by atoms with Crippen molar-refractivity contribution in [1.29, 1.82) is 0 Å². The Bertz CT molecular complexity index is 425. The standard InChI is InChI=1S/C15H25N3O4/c16-15(20)18-8-5-13-12(18)4-3-11(22-13)9-21-10-14(19)17-6-1-2-7-17/h11-13H,1-10H2,(H2,16,20)/t11-,12-,13-/m0/s1. The lowest BCUT2D eigenvalue weighted by molar-refractivity contribution is -0.139. The summed E-state index contributed by atoms with van der Waals surface area (Å²) in [5.74, 6) is 0.0759. The van der Waals surface area contributed by atoms with E-state index in [1.165, 1.54) is 0 Å². The fourth-order valence-electron chi connectivity index (χ4n) is 3.73. The van der Waals surface area contributed by atoms with E-state index in [4.69, 9.17) is 15.2 Å². The van der Waals surface area contributed by atoms with Gasteiger partial charge in [-0.05, 0) is 32.1 Å².